The van der Waals surface area contributed by atoms with Gasteiger partial charge in [-0.2, -0.15) is 0 Å². The molecular formula is C28H39N5O4. The minimum Gasteiger partial charge on any atom is -0.492 e. The number of aryl methyl sites for hydroxylation is 2. The van der Waals surface area contributed by atoms with Gasteiger partial charge in [0.2, 0.25) is 11.9 Å². The number of aromatic nitrogens is 2. The van der Waals surface area contributed by atoms with Crippen LogP contribution in [0.15, 0.2) is 30.3 Å². The molecule has 1 saturated heterocycles. The zero-order valence-electron chi connectivity index (χ0n) is 22.1. The predicted octanol–water partition coefficient (Wildman–Crippen LogP) is 3.51. The van der Waals surface area contributed by atoms with E-state index in [9.17, 15) is 9.59 Å². The summed E-state index contributed by atoms with van der Waals surface area (Å²) in [6, 6.07) is 9.32. The number of benzene rings is 1. The number of ether oxygens (including phenoxy) is 2. The Hall–Kier alpha value is -3.20. The van der Waals surface area contributed by atoms with Gasteiger partial charge >= 0.3 is 0 Å². The van der Waals surface area contributed by atoms with Gasteiger partial charge in [-0.1, -0.05) is 18.6 Å². The molecule has 1 aromatic carbocycles. The van der Waals surface area contributed by atoms with Crippen LogP contribution in [0.1, 0.15) is 60.3 Å². The van der Waals surface area contributed by atoms with Crippen LogP contribution in [0.5, 0.6) is 5.75 Å². The number of fused-ring (bicyclic) bond motifs is 1. The summed E-state index contributed by atoms with van der Waals surface area (Å²) in [5.74, 6) is 1.17. The third-order valence-corrected chi connectivity index (χ3v) is 7.22. The van der Waals surface area contributed by atoms with Crippen molar-refractivity contribution in [3.8, 4) is 5.75 Å². The Morgan fingerprint density at radius 2 is 1.84 bits per heavy atom. The zero-order chi connectivity index (χ0) is 26.1. The molecule has 0 atom stereocenters. The van der Waals surface area contributed by atoms with Gasteiger partial charge in [0, 0.05) is 56.0 Å². The van der Waals surface area contributed by atoms with Crippen LogP contribution in [-0.4, -0.2) is 72.7 Å². The molecule has 1 fully saturated rings. The second-order valence-electron chi connectivity index (χ2n) is 10.1. The highest BCUT2D eigenvalue weighted by atomic mass is 16.5. The molecule has 2 aliphatic heterocycles. The van der Waals surface area contributed by atoms with E-state index in [0.29, 0.717) is 69.7 Å². The Morgan fingerprint density at radius 1 is 1.08 bits per heavy atom. The molecule has 0 aliphatic carbocycles. The summed E-state index contributed by atoms with van der Waals surface area (Å²) in [6.45, 7) is 7.99. The van der Waals surface area contributed by atoms with E-state index >= 15 is 0 Å². The van der Waals surface area contributed by atoms with E-state index in [2.05, 4.69) is 20.6 Å². The van der Waals surface area contributed by atoms with Gasteiger partial charge in [-0.15, -0.1) is 0 Å². The van der Waals surface area contributed by atoms with Crippen molar-refractivity contribution in [1.82, 2.24) is 20.2 Å². The lowest BCUT2D eigenvalue weighted by Gasteiger charge is -2.42. The molecule has 9 heteroatoms. The average Bonchev–Trinajstić information content (AvgIpc) is 2.88. The highest BCUT2D eigenvalue weighted by Crippen LogP contribution is 2.38. The second-order valence-corrected chi connectivity index (χ2v) is 10.1. The van der Waals surface area contributed by atoms with Crippen molar-refractivity contribution < 1.29 is 19.1 Å². The van der Waals surface area contributed by atoms with Gasteiger partial charge in [-0.05, 0) is 57.7 Å². The summed E-state index contributed by atoms with van der Waals surface area (Å²) < 4.78 is 12.0. The summed E-state index contributed by atoms with van der Waals surface area (Å²) in [7, 11) is 0. The highest BCUT2D eigenvalue weighted by molar-refractivity contribution is 5.96. The van der Waals surface area contributed by atoms with Gasteiger partial charge in [0.05, 0.1) is 18.8 Å². The number of carbonyl (C=O) groups excluding carboxylic acids is 2. The normalized spacial score (nSPS) is 18.8. The molecule has 0 bridgehead atoms. The topological polar surface area (TPSA) is 106 Å². The van der Waals surface area contributed by atoms with Crippen molar-refractivity contribution in [2.45, 2.75) is 52.4 Å². The molecule has 200 valence electrons. The van der Waals surface area contributed by atoms with Gasteiger partial charge < -0.3 is 25.0 Å². The van der Waals surface area contributed by atoms with Crippen LogP contribution in [0.4, 0.5) is 5.95 Å². The summed E-state index contributed by atoms with van der Waals surface area (Å²) in [6.07, 6.45) is 5.19. The Balaban J connectivity index is 1.34. The standard InChI is InChI=1S/C28H39N5O4/c1-21-19-22(2)32-27(31-21)30-13-9-25(34)33-15-11-28(12-16-33)10-5-6-17-36-18-14-29-26(35)23-7-3-4-8-24(23)37-20-28/h3-4,7-8,19H,5-6,9-18,20H2,1-2H3,(H,29,35)(H,30,31,32). The number of piperidine rings is 1. The number of nitrogens with zero attached hydrogens (tertiary/aromatic N) is 3. The summed E-state index contributed by atoms with van der Waals surface area (Å²) >= 11 is 0. The Morgan fingerprint density at radius 3 is 2.62 bits per heavy atom. The maximum Gasteiger partial charge on any atom is 0.255 e. The maximum absolute atomic E-state index is 12.9. The van der Waals surface area contributed by atoms with E-state index in [1.54, 1.807) is 6.07 Å². The van der Waals surface area contributed by atoms with E-state index in [1.165, 1.54) is 0 Å². The highest BCUT2D eigenvalue weighted by Gasteiger charge is 2.36. The Kier molecular flexibility index (Phi) is 9.33. The first-order valence-corrected chi connectivity index (χ1v) is 13.4. The fraction of sp³-hybridized carbons (Fsp3) is 0.571. The molecule has 9 nitrogen and oxygen atoms in total. The number of hydrogen-bond acceptors (Lipinski definition) is 7. The minimum atomic E-state index is -0.148. The fourth-order valence-electron chi connectivity index (χ4n) is 5.09. The number of para-hydroxylation sites is 1. The first-order chi connectivity index (χ1) is 17.9. The third-order valence-electron chi connectivity index (χ3n) is 7.22. The lowest BCUT2D eigenvalue weighted by atomic mass is 9.75. The minimum absolute atomic E-state index is 0.0321. The molecule has 2 amide bonds. The molecule has 2 aromatic rings. The molecule has 1 aromatic heterocycles. The summed E-state index contributed by atoms with van der Waals surface area (Å²) in [5.41, 5.74) is 2.32. The number of rotatable bonds is 4. The summed E-state index contributed by atoms with van der Waals surface area (Å²) in [4.78, 5) is 36.3. The second kappa shape index (κ2) is 12.9. The lowest BCUT2D eigenvalue weighted by Crippen LogP contribution is -2.46. The molecule has 0 radical (unpaired) electrons. The van der Waals surface area contributed by atoms with E-state index in [-0.39, 0.29) is 17.2 Å². The monoisotopic (exact) mass is 509 g/mol. The van der Waals surface area contributed by atoms with Crippen molar-refractivity contribution in [1.29, 1.82) is 0 Å². The quantitative estimate of drug-likeness (QED) is 0.650. The van der Waals surface area contributed by atoms with E-state index in [1.807, 2.05) is 43.0 Å². The number of likely N-dealkylation sites (tertiary alicyclic amines) is 1. The molecule has 4 rings (SSSR count). The van der Waals surface area contributed by atoms with Gasteiger partial charge in [0.25, 0.3) is 5.91 Å². The van der Waals surface area contributed by atoms with Gasteiger partial charge in [0.15, 0.2) is 0 Å². The molecule has 2 N–H and O–H groups in total. The van der Waals surface area contributed by atoms with Crippen LogP contribution in [0.3, 0.4) is 0 Å². The van der Waals surface area contributed by atoms with E-state index in [0.717, 1.165) is 43.5 Å². The lowest BCUT2D eigenvalue weighted by molar-refractivity contribution is -0.133. The molecule has 0 unspecified atom stereocenters. The number of amides is 2. The molecule has 3 heterocycles. The SMILES string of the molecule is Cc1cc(C)nc(NCCC(=O)N2CCC3(CCCCOCCNC(=O)c4ccccc4OC3)CC2)n1. The van der Waals surface area contributed by atoms with Crippen molar-refractivity contribution in [2.24, 2.45) is 5.41 Å². The Labute approximate surface area is 219 Å². The van der Waals surface area contributed by atoms with Gasteiger partial charge in [-0.25, -0.2) is 9.97 Å². The largest absolute Gasteiger partial charge is 0.492 e. The zero-order valence-corrected chi connectivity index (χ0v) is 22.1. The third kappa shape index (κ3) is 7.64. The van der Waals surface area contributed by atoms with Crippen molar-refractivity contribution in [2.75, 3.05) is 51.3 Å². The van der Waals surface area contributed by atoms with Crippen LogP contribution in [0, 0.1) is 19.3 Å². The van der Waals surface area contributed by atoms with Crippen molar-refractivity contribution >= 4 is 17.8 Å². The van der Waals surface area contributed by atoms with E-state index < -0.39 is 0 Å². The molecule has 0 saturated carbocycles. The number of anilines is 1. The predicted molar refractivity (Wildman–Crippen MR) is 142 cm³/mol. The maximum atomic E-state index is 12.9. The van der Waals surface area contributed by atoms with Crippen molar-refractivity contribution in [3.63, 3.8) is 0 Å². The first kappa shape index (κ1) is 26.9. The van der Waals surface area contributed by atoms with Crippen LogP contribution in [0.2, 0.25) is 0 Å². The first-order valence-electron chi connectivity index (χ1n) is 13.4. The Bertz CT molecular complexity index is 1050. The van der Waals surface area contributed by atoms with E-state index in [4.69, 9.17) is 9.47 Å². The molecule has 2 aliphatic rings. The summed E-state index contributed by atoms with van der Waals surface area (Å²) in [5, 5.41) is 6.09. The van der Waals surface area contributed by atoms with Crippen LogP contribution in [-0.2, 0) is 9.53 Å². The molecule has 37 heavy (non-hydrogen) atoms. The van der Waals surface area contributed by atoms with Crippen LogP contribution < -0.4 is 15.4 Å². The number of nitrogens with one attached hydrogen (secondary N) is 2. The van der Waals surface area contributed by atoms with Gasteiger partial charge in [0.1, 0.15) is 5.75 Å². The van der Waals surface area contributed by atoms with Crippen molar-refractivity contribution in [3.05, 3.63) is 47.3 Å². The molecular weight excluding hydrogens is 470 g/mol. The number of hydrogen-bond donors (Lipinski definition) is 2. The number of carbonyl (C=O) groups is 2. The smallest absolute Gasteiger partial charge is 0.255 e. The molecule has 1 spiro atoms. The average molecular weight is 510 g/mol. The van der Waals surface area contributed by atoms with Gasteiger partial charge in [-0.3, -0.25) is 9.59 Å². The van der Waals surface area contributed by atoms with Crippen LogP contribution >= 0.6 is 0 Å². The fourth-order valence-corrected chi connectivity index (χ4v) is 5.09. The van der Waals surface area contributed by atoms with Crippen LogP contribution in [0.25, 0.3) is 0 Å².